The Morgan fingerprint density at radius 3 is 1.00 bits per heavy atom. The van der Waals surface area contributed by atoms with Gasteiger partial charge in [0.15, 0.2) is 0 Å². The molecule has 0 saturated carbocycles. The van der Waals surface area contributed by atoms with Crippen LogP contribution in [-0.4, -0.2) is 18.5 Å². The van der Waals surface area contributed by atoms with Crippen LogP contribution < -0.4 is 6.15 Å². The van der Waals surface area contributed by atoms with Gasteiger partial charge in [0.05, 0.1) is 7.57 Å². The van der Waals surface area contributed by atoms with Crippen LogP contribution in [0.25, 0.3) is 0 Å². The molecule has 0 aromatic heterocycles. The van der Waals surface area contributed by atoms with Gasteiger partial charge in [0, 0.05) is 0 Å². The average Bonchev–Trinajstić information content (AvgIpc) is 1.00. The van der Waals surface area contributed by atoms with Crippen molar-refractivity contribution in [2.75, 3.05) is 0 Å². The first kappa shape index (κ1) is 54.4. The van der Waals surface area contributed by atoms with Gasteiger partial charge in [0.25, 0.3) is 0 Å². The molecule has 0 saturated heterocycles. The Hall–Kier alpha value is 0.375. The molecule has 3 nitrogen and oxygen atoms in total. The van der Waals surface area contributed by atoms with Crippen molar-refractivity contribution in [2.45, 2.75) is 0 Å². The summed E-state index contributed by atoms with van der Waals surface area (Å²) in [6.45, 7) is 0. The van der Waals surface area contributed by atoms with Crippen molar-refractivity contribution in [3.63, 3.8) is 0 Å². The Labute approximate surface area is 34.9 Å². The predicted molar refractivity (Wildman–Crippen MR) is 27.7 cm³/mol. The zero-order chi connectivity index (χ0) is 2.00. The van der Waals surface area contributed by atoms with Crippen LogP contribution in [0.1, 0.15) is 0 Å². The minimum Gasteiger partial charge on any atom is -0.412 e. The van der Waals surface area contributed by atoms with E-state index in [1.165, 1.54) is 0 Å². The monoisotopic (exact) mass is 97.0 g/mol. The van der Waals surface area contributed by atoms with Crippen molar-refractivity contribution in [2.24, 2.45) is 0 Å². The summed E-state index contributed by atoms with van der Waals surface area (Å²) in [5, 5.41) is 0. The molecule has 0 fully saturated rings. The number of hydrogen-bond donors (Lipinski definition) is 1. The predicted octanol–water partition coefficient (Wildman–Crippen LogP) is -1.54. The molecule has 0 bridgehead atoms. The van der Waals surface area contributed by atoms with E-state index in [0.717, 1.165) is 0 Å². The van der Waals surface area contributed by atoms with Crippen LogP contribution in [0.5, 0.6) is 0 Å². The average molecular weight is 96.9 g/mol. The van der Waals surface area contributed by atoms with Gasteiger partial charge in [-0.2, -0.15) is 9.12 Å². The van der Waals surface area contributed by atoms with Crippen molar-refractivity contribution in [3.05, 3.63) is 0 Å². The van der Waals surface area contributed by atoms with E-state index in [-0.39, 0.29) is 17.1 Å². The summed E-state index contributed by atoms with van der Waals surface area (Å²) in [6, 6.07) is 0. The fourth-order valence-corrected chi connectivity index (χ4v) is 0. The lowest BCUT2D eigenvalue weighted by Gasteiger charge is -1.05. The summed E-state index contributed by atoms with van der Waals surface area (Å²) < 4.78 is 0. The topological polar surface area (TPSA) is 98.0 Å². The van der Waals surface area contributed by atoms with E-state index in [2.05, 4.69) is 7.57 Å². The summed E-state index contributed by atoms with van der Waals surface area (Å²) in [4.78, 5) is 0. The SMILES string of the molecule is N.O.O.[B]P. The second kappa shape index (κ2) is 354. The third-order valence-electron chi connectivity index (χ3n) is 0. The Morgan fingerprint density at radius 1 is 1.00 bits per heavy atom. The van der Waals surface area contributed by atoms with E-state index in [1.54, 1.807) is 0 Å². The summed E-state index contributed by atoms with van der Waals surface area (Å²) >= 11 is 0. The number of hydrogen-bond acceptors (Lipinski definition) is 1. The van der Waals surface area contributed by atoms with Gasteiger partial charge < -0.3 is 17.1 Å². The van der Waals surface area contributed by atoms with Gasteiger partial charge in [-0.1, -0.05) is 0 Å². The van der Waals surface area contributed by atoms with E-state index in [4.69, 9.17) is 0 Å². The maximum absolute atomic E-state index is 4.42. The molecule has 1 unspecified atom stereocenters. The molecule has 0 spiro atoms. The van der Waals surface area contributed by atoms with Gasteiger partial charge in [-0.3, -0.25) is 0 Å². The van der Waals surface area contributed by atoms with Gasteiger partial charge in [0.2, 0.25) is 0 Å². The molecule has 7 N–H and O–H groups in total. The summed E-state index contributed by atoms with van der Waals surface area (Å²) in [6.07, 6.45) is 0. The Bertz CT molecular complexity index is 9.61. The molecule has 1 atom stereocenters. The second-order valence-corrected chi connectivity index (χ2v) is 0. The third-order valence-corrected chi connectivity index (χ3v) is 0. The van der Waals surface area contributed by atoms with Gasteiger partial charge >= 0.3 is 0 Å². The lowest BCUT2D eigenvalue weighted by atomic mass is 10.8. The third kappa shape index (κ3) is 176. The first-order valence-corrected chi connectivity index (χ1v) is 1.00. The molecule has 5 heteroatoms. The molecule has 2 radical (unpaired) electrons. The first-order valence-electron chi connectivity index (χ1n) is 0.333. The molecule has 0 aromatic rings. The molecule has 0 amide bonds. The van der Waals surface area contributed by atoms with Crippen molar-refractivity contribution >= 4 is 16.7 Å². The second-order valence-electron chi connectivity index (χ2n) is 0. The van der Waals surface area contributed by atoms with Gasteiger partial charge in [0.1, 0.15) is 0 Å². The van der Waals surface area contributed by atoms with Gasteiger partial charge in [-0.15, -0.1) is 0 Å². The van der Waals surface area contributed by atoms with E-state index in [9.17, 15) is 0 Å². The highest BCUT2D eigenvalue weighted by atomic mass is 31.0. The largest absolute Gasteiger partial charge is 0.412 e. The Morgan fingerprint density at radius 2 is 1.00 bits per heavy atom. The van der Waals surface area contributed by atoms with Crippen molar-refractivity contribution in [3.8, 4) is 0 Å². The lowest BCUT2D eigenvalue weighted by molar-refractivity contribution is 0.823. The van der Waals surface area contributed by atoms with Crippen LogP contribution in [-0.2, 0) is 0 Å². The summed E-state index contributed by atoms with van der Waals surface area (Å²) in [7, 11) is 6.33. The van der Waals surface area contributed by atoms with E-state index >= 15 is 0 Å². The highest BCUT2D eigenvalue weighted by Gasteiger charge is 0.966. The Kier molecular flexibility index (Phi) is 3860. The highest BCUT2D eigenvalue weighted by molar-refractivity contribution is 7.49. The van der Waals surface area contributed by atoms with Crippen LogP contribution >= 0.6 is 9.12 Å². The molecular weight excluding hydrogens is 87.8 g/mol. The fourth-order valence-electron chi connectivity index (χ4n) is 0. The molecular formula is H9BNO2P. The van der Waals surface area contributed by atoms with Crippen molar-refractivity contribution in [1.29, 1.82) is 0 Å². The van der Waals surface area contributed by atoms with Crippen LogP contribution in [0.4, 0.5) is 0 Å². The molecule has 34 valence electrons. The lowest BCUT2D eigenvalue weighted by Crippen LogP contribution is -0.937. The van der Waals surface area contributed by atoms with E-state index in [0.29, 0.717) is 0 Å². The van der Waals surface area contributed by atoms with Crippen LogP contribution in [0.15, 0.2) is 0 Å². The maximum Gasteiger partial charge on any atom is 0.0996 e. The van der Waals surface area contributed by atoms with Gasteiger partial charge in [-0.05, 0) is 0 Å². The van der Waals surface area contributed by atoms with Crippen LogP contribution in [0.2, 0.25) is 0 Å². The Balaban J connectivity index is -0.00000000167. The minimum atomic E-state index is 0. The van der Waals surface area contributed by atoms with Crippen molar-refractivity contribution in [1.82, 2.24) is 6.15 Å². The molecule has 0 heterocycles. The molecule has 0 aromatic carbocycles. The first-order chi connectivity index (χ1) is 1.00. The molecule has 0 aliphatic heterocycles. The van der Waals surface area contributed by atoms with E-state index in [1.807, 2.05) is 9.12 Å². The molecule has 0 aliphatic rings. The standard InChI is InChI=1S/BH2P.H3N.2H2O/c1-2;;;/h2H2;1H3;2*1H2. The van der Waals surface area contributed by atoms with Gasteiger partial charge in [-0.25, -0.2) is 0 Å². The van der Waals surface area contributed by atoms with Crippen LogP contribution in [0, 0.1) is 0 Å². The normalized spacial score (nSPS) is 1.00. The fraction of sp³-hybridized carbons (Fsp3) is 0. The zero-order valence-electron chi connectivity index (χ0n) is 2.86. The molecule has 5 heavy (non-hydrogen) atoms. The van der Waals surface area contributed by atoms with Crippen molar-refractivity contribution < 1.29 is 11.0 Å². The maximum atomic E-state index is 4.42. The quantitative estimate of drug-likeness (QED) is 0.287. The number of rotatable bonds is 0. The minimum absolute atomic E-state index is 0. The van der Waals surface area contributed by atoms with Crippen LogP contribution in [0.3, 0.4) is 0 Å². The highest BCUT2D eigenvalue weighted by Crippen LogP contribution is 1.42. The molecule has 0 rings (SSSR count). The summed E-state index contributed by atoms with van der Waals surface area (Å²) in [5.74, 6) is 0. The zero-order valence-corrected chi connectivity index (χ0v) is 4.02. The van der Waals surface area contributed by atoms with E-state index < -0.39 is 0 Å². The smallest absolute Gasteiger partial charge is 0.0996 e. The summed E-state index contributed by atoms with van der Waals surface area (Å²) in [5.41, 5.74) is 0. The molecule has 0 aliphatic carbocycles.